The van der Waals surface area contributed by atoms with E-state index in [1.165, 1.54) is 5.56 Å². The van der Waals surface area contributed by atoms with Crippen LogP contribution >= 0.6 is 0 Å². The number of Topliss-reactive ketones (excluding diaryl/α,β-unsaturated/α-hetero) is 1. The molecule has 2 aromatic carbocycles. The van der Waals surface area contributed by atoms with E-state index in [4.69, 9.17) is 14.2 Å². The van der Waals surface area contributed by atoms with Crippen LogP contribution in [0.1, 0.15) is 46.4 Å². The van der Waals surface area contributed by atoms with Crippen molar-refractivity contribution in [3.8, 4) is 17.2 Å². The number of ketones is 1. The molecule has 1 N–H and O–H groups in total. The van der Waals surface area contributed by atoms with Crippen molar-refractivity contribution >= 4 is 17.4 Å². The van der Waals surface area contributed by atoms with Crippen LogP contribution in [0.5, 0.6) is 17.2 Å². The third-order valence-electron chi connectivity index (χ3n) is 5.82. The summed E-state index contributed by atoms with van der Waals surface area (Å²) in [6.45, 7) is 2.12. The summed E-state index contributed by atoms with van der Waals surface area (Å²) in [5, 5.41) is 3.24. The van der Waals surface area contributed by atoms with E-state index >= 15 is 0 Å². The number of hydrogen-bond acceptors (Lipinski definition) is 7. The molecule has 3 aromatic rings. The van der Waals surface area contributed by atoms with Gasteiger partial charge in [0.05, 0.1) is 32.6 Å². The number of ether oxygens (including phenoxy) is 3. The van der Waals surface area contributed by atoms with Crippen LogP contribution in [0.3, 0.4) is 0 Å². The first kappa shape index (κ1) is 21.6. The van der Waals surface area contributed by atoms with Crippen LogP contribution in [0.4, 0.5) is 11.6 Å². The summed E-state index contributed by atoms with van der Waals surface area (Å²) < 4.78 is 16.4. The molecule has 0 saturated carbocycles. The number of fused-ring (bicyclic) bond motifs is 1. The highest BCUT2D eigenvalue weighted by Crippen LogP contribution is 2.42. The van der Waals surface area contributed by atoms with E-state index in [1.807, 2.05) is 24.3 Å². The van der Waals surface area contributed by atoms with Gasteiger partial charge in [-0.05, 0) is 54.2 Å². The second kappa shape index (κ2) is 9.26. The van der Waals surface area contributed by atoms with Crippen LogP contribution in [0.2, 0.25) is 0 Å². The number of nitrogens with zero attached hydrogens (tertiary/aromatic N) is 2. The molecule has 1 heterocycles. The number of nitrogens with one attached hydrogen (secondary N) is 1. The molecular weight excluding hydrogens is 406 g/mol. The van der Waals surface area contributed by atoms with Crippen LogP contribution in [0.25, 0.3) is 0 Å². The topological polar surface area (TPSA) is 82.6 Å². The molecule has 7 nitrogen and oxygen atoms in total. The van der Waals surface area contributed by atoms with E-state index in [1.54, 1.807) is 27.5 Å². The third kappa shape index (κ3) is 4.23. The average Bonchev–Trinajstić information content (AvgIpc) is 2.83. The van der Waals surface area contributed by atoms with Gasteiger partial charge in [0.15, 0.2) is 17.3 Å². The first-order chi connectivity index (χ1) is 15.6. The van der Waals surface area contributed by atoms with Crippen molar-refractivity contribution in [3.63, 3.8) is 0 Å². The van der Waals surface area contributed by atoms with Gasteiger partial charge in [-0.15, -0.1) is 0 Å². The highest BCUT2D eigenvalue weighted by atomic mass is 16.5. The van der Waals surface area contributed by atoms with Crippen molar-refractivity contribution in [1.82, 2.24) is 9.97 Å². The largest absolute Gasteiger partial charge is 0.493 e. The number of hydrogen-bond donors (Lipinski definition) is 1. The zero-order valence-corrected chi connectivity index (χ0v) is 18.8. The summed E-state index contributed by atoms with van der Waals surface area (Å²) in [5.74, 6) is 2.14. The van der Waals surface area contributed by atoms with E-state index in [0.29, 0.717) is 41.6 Å². The fourth-order valence-corrected chi connectivity index (χ4v) is 4.03. The van der Waals surface area contributed by atoms with Crippen molar-refractivity contribution in [2.45, 2.75) is 32.1 Å². The molecule has 0 aliphatic heterocycles. The van der Waals surface area contributed by atoms with Gasteiger partial charge in [-0.25, -0.2) is 9.97 Å². The number of carbonyl (C=O) groups excluding carboxylic acids is 1. The molecule has 4 rings (SSSR count). The molecule has 1 aliphatic rings. The fourth-order valence-electron chi connectivity index (χ4n) is 4.03. The second-order valence-corrected chi connectivity index (χ2v) is 7.72. The molecule has 166 valence electrons. The van der Waals surface area contributed by atoms with Crippen molar-refractivity contribution in [2.75, 3.05) is 26.6 Å². The number of carbonyl (C=O) groups is 1. The first-order valence-electron chi connectivity index (χ1n) is 10.6. The normalized spacial score (nSPS) is 15.1. The summed E-state index contributed by atoms with van der Waals surface area (Å²) in [4.78, 5) is 21.9. The Labute approximate surface area is 187 Å². The Bertz CT molecular complexity index is 1100. The maximum atomic E-state index is 12.9. The second-order valence-electron chi connectivity index (χ2n) is 7.72. The van der Waals surface area contributed by atoms with Gasteiger partial charge in [0.25, 0.3) is 0 Å². The zero-order chi connectivity index (χ0) is 22.7. The molecule has 32 heavy (non-hydrogen) atoms. The van der Waals surface area contributed by atoms with Gasteiger partial charge >= 0.3 is 0 Å². The lowest BCUT2D eigenvalue weighted by atomic mass is 9.82. The minimum atomic E-state index is -0.0460. The number of aryl methyl sites for hydroxylation is 1. The predicted molar refractivity (Wildman–Crippen MR) is 123 cm³/mol. The Morgan fingerprint density at radius 2 is 1.69 bits per heavy atom. The molecule has 1 aliphatic carbocycles. The van der Waals surface area contributed by atoms with Crippen molar-refractivity contribution < 1.29 is 19.0 Å². The Morgan fingerprint density at radius 1 is 1.00 bits per heavy atom. The number of anilines is 2. The van der Waals surface area contributed by atoms with E-state index in [-0.39, 0.29) is 11.7 Å². The van der Waals surface area contributed by atoms with Crippen molar-refractivity contribution in [3.05, 3.63) is 65.0 Å². The molecule has 0 bridgehead atoms. The SMILES string of the molecule is CCc1ccc(Nc2ncc3c(n2)CC(c2cc(OC)c(OC)c(OC)c2)CC3=O)cc1. The van der Waals surface area contributed by atoms with Gasteiger partial charge < -0.3 is 19.5 Å². The predicted octanol–water partition coefficient (Wildman–Crippen LogP) is 4.72. The number of methoxy groups -OCH3 is 3. The highest BCUT2D eigenvalue weighted by Gasteiger charge is 2.29. The van der Waals surface area contributed by atoms with Gasteiger partial charge in [-0.1, -0.05) is 19.1 Å². The monoisotopic (exact) mass is 433 g/mol. The highest BCUT2D eigenvalue weighted by molar-refractivity contribution is 5.98. The Balaban J connectivity index is 1.62. The minimum Gasteiger partial charge on any atom is -0.493 e. The van der Waals surface area contributed by atoms with Gasteiger partial charge in [-0.3, -0.25) is 4.79 Å². The van der Waals surface area contributed by atoms with Gasteiger partial charge in [0, 0.05) is 18.3 Å². The molecule has 0 radical (unpaired) electrons. The first-order valence-corrected chi connectivity index (χ1v) is 10.6. The fraction of sp³-hybridized carbons (Fsp3) is 0.320. The molecule has 0 saturated heterocycles. The minimum absolute atomic E-state index is 0.0313. The standard InChI is InChI=1S/C25H27N3O4/c1-5-15-6-8-18(9-7-15)27-25-26-14-19-20(28-25)10-16(11-21(19)29)17-12-22(30-2)24(32-4)23(13-17)31-3/h6-9,12-14,16H,5,10-11H2,1-4H3,(H,26,27,28). The number of benzene rings is 2. The van der Waals surface area contributed by atoms with Gasteiger partial charge in [0.1, 0.15) is 0 Å². The lowest BCUT2D eigenvalue weighted by molar-refractivity contribution is 0.0962. The molecule has 7 heteroatoms. The quantitative estimate of drug-likeness (QED) is 0.577. The number of rotatable bonds is 7. The maximum Gasteiger partial charge on any atom is 0.227 e. The Morgan fingerprint density at radius 3 is 2.28 bits per heavy atom. The van der Waals surface area contributed by atoms with Crippen LogP contribution in [0.15, 0.2) is 42.6 Å². The summed E-state index contributed by atoms with van der Waals surface area (Å²) in [7, 11) is 4.74. The molecule has 1 unspecified atom stereocenters. The summed E-state index contributed by atoms with van der Waals surface area (Å²) >= 11 is 0. The van der Waals surface area contributed by atoms with Crippen molar-refractivity contribution in [1.29, 1.82) is 0 Å². The van der Waals surface area contributed by atoms with E-state index < -0.39 is 0 Å². The zero-order valence-electron chi connectivity index (χ0n) is 18.8. The third-order valence-corrected chi connectivity index (χ3v) is 5.82. The van der Waals surface area contributed by atoms with Crippen LogP contribution in [-0.4, -0.2) is 37.1 Å². The molecule has 0 amide bonds. The van der Waals surface area contributed by atoms with Crippen molar-refractivity contribution in [2.24, 2.45) is 0 Å². The molecule has 0 spiro atoms. The summed E-state index contributed by atoms with van der Waals surface area (Å²) in [6.07, 6.45) is 3.60. The summed E-state index contributed by atoms with van der Waals surface area (Å²) in [5.41, 5.74) is 4.44. The molecule has 1 atom stereocenters. The van der Waals surface area contributed by atoms with Crippen LogP contribution in [-0.2, 0) is 12.8 Å². The lowest BCUT2D eigenvalue weighted by Crippen LogP contribution is -2.21. The molecule has 0 fully saturated rings. The Kier molecular flexibility index (Phi) is 6.25. The molecular formula is C25H27N3O4. The maximum absolute atomic E-state index is 12.9. The molecule has 1 aromatic heterocycles. The smallest absolute Gasteiger partial charge is 0.227 e. The van der Waals surface area contributed by atoms with E-state index in [9.17, 15) is 4.79 Å². The lowest BCUT2D eigenvalue weighted by Gasteiger charge is -2.25. The number of aromatic nitrogens is 2. The van der Waals surface area contributed by atoms with Crippen LogP contribution < -0.4 is 19.5 Å². The van der Waals surface area contributed by atoms with E-state index in [0.717, 1.165) is 23.4 Å². The summed E-state index contributed by atoms with van der Waals surface area (Å²) in [6, 6.07) is 12.0. The van der Waals surface area contributed by atoms with Gasteiger partial charge in [0.2, 0.25) is 11.7 Å². The van der Waals surface area contributed by atoms with Crippen LogP contribution in [0, 0.1) is 0 Å². The van der Waals surface area contributed by atoms with E-state index in [2.05, 4.69) is 34.3 Å². The Hall–Kier alpha value is -3.61. The van der Waals surface area contributed by atoms with Gasteiger partial charge in [-0.2, -0.15) is 0 Å². The average molecular weight is 434 g/mol.